The molecule has 0 aliphatic heterocycles. The van der Waals surface area contributed by atoms with Crippen LogP contribution in [0.3, 0.4) is 0 Å². The number of hydrogen-bond donors (Lipinski definition) is 2. The van der Waals surface area contributed by atoms with E-state index < -0.39 is 0 Å². The third-order valence-corrected chi connectivity index (χ3v) is 8.98. The van der Waals surface area contributed by atoms with E-state index in [0.29, 0.717) is 6.42 Å². The molecule has 0 unspecified atom stereocenters. The lowest BCUT2D eigenvalue weighted by Gasteiger charge is -2.31. The minimum Gasteiger partial charge on any atom is -0.508 e. The van der Waals surface area contributed by atoms with Gasteiger partial charge in [-0.1, -0.05) is 65.8 Å². The molecule has 0 fully saturated rings. The summed E-state index contributed by atoms with van der Waals surface area (Å²) in [5.74, 6) is 0.362. The topological polar surface area (TPSA) is 102 Å². The molecule has 2 heterocycles. The quantitative estimate of drug-likeness (QED) is 0.169. The van der Waals surface area contributed by atoms with Gasteiger partial charge in [-0.3, -0.25) is 0 Å². The van der Waals surface area contributed by atoms with Crippen LogP contribution in [0.4, 0.5) is 0 Å². The van der Waals surface area contributed by atoms with Crippen molar-refractivity contribution in [1.29, 1.82) is 0 Å². The van der Waals surface area contributed by atoms with Crippen molar-refractivity contribution in [3.8, 4) is 33.8 Å². The lowest BCUT2D eigenvalue weighted by molar-refractivity contribution is 0.180. The van der Waals surface area contributed by atoms with Gasteiger partial charge in [-0.2, -0.15) is 30.0 Å². The number of phenolic OH excluding ortho intramolecular Hbond substituents is 2. The number of fused-ring (bicyclic) bond motifs is 2. The molecule has 0 aliphatic rings. The fourth-order valence-electron chi connectivity index (χ4n) is 7.49. The second-order valence-corrected chi connectivity index (χ2v) is 17.3. The van der Waals surface area contributed by atoms with Gasteiger partial charge < -0.3 is 10.2 Å². The Morgan fingerprint density at radius 3 is 1.14 bits per heavy atom. The minimum absolute atomic E-state index is 0.142. The van der Waals surface area contributed by atoms with Crippen LogP contribution in [0.15, 0.2) is 72.8 Å². The Bertz CT molecular complexity index is 2000. The molecule has 8 heteroatoms. The first-order valence-corrected chi connectivity index (χ1v) is 17.2. The average molecular weight is 659 g/mol. The van der Waals surface area contributed by atoms with E-state index in [9.17, 15) is 10.2 Å². The molecule has 6 aromatic rings. The molecule has 0 bridgehead atoms. The molecular formula is C41H50N6O2. The van der Waals surface area contributed by atoms with Crippen molar-refractivity contribution in [2.75, 3.05) is 0 Å². The number of hydrogen-bond acceptors (Lipinski definition) is 6. The molecule has 8 nitrogen and oxygen atoms in total. The van der Waals surface area contributed by atoms with Crippen molar-refractivity contribution in [2.45, 2.75) is 99.6 Å². The molecule has 2 N–H and O–H groups in total. The highest BCUT2D eigenvalue weighted by atomic mass is 16.3. The number of phenols is 2. The minimum atomic E-state index is -0.229. The molecule has 0 saturated heterocycles. The number of aromatic nitrogens is 6. The van der Waals surface area contributed by atoms with E-state index in [1.54, 1.807) is 12.1 Å². The molecule has 0 atom stereocenters. The molecule has 2 aromatic heterocycles. The molecule has 4 aromatic carbocycles. The lowest BCUT2D eigenvalue weighted by atomic mass is 9.82. The lowest BCUT2D eigenvalue weighted by Crippen LogP contribution is -2.33. The zero-order chi connectivity index (χ0) is 35.5. The SMILES string of the molecule is CC(C)(C)CC(C)(C)n1nc2ccc(-c3ccc(O)c(Cc4cc(-c5ccc6nn(C(C)(C)CC(C)(C)C)nc6c5)ccc4O)c3)cc2n1. The van der Waals surface area contributed by atoms with Gasteiger partial charge in [-0.25, -0.2) is 0 Å². The molecule has 0 radical (unpaired) electrons. The molecule has 0 aliphatic carbocycles. The first-order valence-electron chi connectivity index (χ1n) is 17.2. The van der Waals surface area contributed by atoms with Crippen LogP contribution < -0.4 is 0 Å². The second-order valence-electron chi connectivity index (χ2n) is 17.3. The average Bonchev–Trinajstić information content (AvgIpc) is 3.62. The normalized spacial score (nSPS) is 13.1. The summed E-state index contributed by atoms with van der Waals surface area (Å²) in [4.78, 5) is 3.69. The van der Waals surface area contributed by atoms with E-state index in [4.69, 9.17) is 20.4 Å². The van der Waals surface area contributed by atoms with Crippen molar-refractivity contribution in [1.82, 2.24) is 30.0 Å². The summed E-state index contributed by atoms with van der Waals surface area (Å²) in [6.07, 6.45) is 2.24. The van der Waals surface area contributed by atoms with E-state index >= 15 is 0 Å². The van der Waals surface area contributed by atoms with Crippen LogP contribution in [0, 0.1) is 10.8 Å². The number of nitrogens with zero attached hydrogens (tertiary/aromatic N) is 6. The molecule has 6 rings (SSSR count). The largest absolute Gasteiger partial charge is 0.508 e. The van der Waals surface area contributed by atoms with Gasteiger partial charge in [0.15, 0.2) is 0 Å². The van der Waals surface area contributed by atoms with E-state index in [1.165, 1.54) is 0 Å². The summed E-state index contributed by atoms with van der Waals surface area (Å²) in [5.41, 5.74) is 8.50. The number of aromatic hydroxyl groups is 2. The van der Waals surface area contributed by atoms with Gasteiger partial charge in [0.1, 0.15) is 33.6 Å². The van der Waals surface area contributed by atoms with Crippen LogP contribution in [0.25, 0.3) is 44.3 Å². The highest BCUT2D eigenvalue weighted by Crippen LogP contribution is 2.36. The maximum atomic E-state index is 10.9. The zero-order valence-electron chi connectivity index (χ0n) is 30.6. The van der Waals surface area contributed by atoms with Gasteiger partial charge in [-0.15, -0.1) is 0 Å². The maximum Gasteiger partial charge on any atom is 0.119 e. The van der Waals surface area contributed by atoms with E-state index in [2.05, 4.69) is 81.4 Å². The molecular weight excluding hydrogens is 608 g/mol. The van der Waals surface area contributed by atoms with Crippen molar-refractivity contribution < 1.29 is 10.2 Å². The summed E-state index contributed by atoms with van der Waals surface area (Å²) in [6, 6.07) is 23.4. The summed E-state index contributed by atoms with van der Waals surface area (Å²) in [7, 11) is 0. The Kier molecular flexibility index (Phi) is 8.37. The third kappa shape index (κ3) is 7.48. The van der Waals surface area contributed by atoms with Crippen molar-refractivity contribution >= 4 is 22.1 Å². The van der Waals surface area contributed by atoms with Crippen molar-refractivity contribution in [2.24, 2.45) is 10.8 Å². The summed E-state index contributed by atoms with van der Waals surface area (Å²) < 4.78 is 0. The van der Waals surface area contributed by atoms with Gasteiger partial charge in [0.2, 0.25) is 0 Å². The molecule has 256 valence electrons. The van der Waals surface area contributed by atoms with Crippen LogP contribution in [0.1, 0.15) is 93.2 Å². The first kappa shape index (κ1) is 34.2. The Morgan fingerprint density at radius 2 is 0.776 bits per heavy atom. The number of rotatable bonds is 8. The van der Waals surface area contributed by atoms with Gasteiger partial charge in [-0.05, 0) is 133 Å². The molecule has 0 amide bonds. The fourth-order valence-corrected chi connectivity index (χ4v) is 7.49. The van der Waals surface area contributed by atoms with Crippen LogP contribution in [-0.4, -0.2) is 40.2 Å². The Labute approximate surface area is 289 Å². The van der Waals surface area contributed by atoms with E-state index in [0.717, 1.165) is 68.3 Å². The van der Waals surface area contributed by atoms with Crippen LogP contribution in [0.2, 0.25) is 0 Å². The van der Waals surface area contributed by atoms with E-state index in [-0.39, 0.29) is 33.4 Å². The molecule has 49 heavy (non-hydrogen) atoms. The monoisotopic (exact) mass is 658 g/mol. The molecule has 0 spiro atoms. The smallest absolute Gasteiger partial charge is 0.119 e. The summed E-state index contributed by atoms with van der Waals surface area (Å²) >= 11 is 0. The second kappa shape index (κ2) is 12.0. The Morgan fingerprint density at radius 1 is 0.449 bits per heavy atom. The predicted molar refractivity (Wildman–Crippen MR) is 199 cm³/mol. The highest BCUT2D eigenvalue weighted by molar-refractivity contribution is 5.82. The fraction of sp³-hybridized carbons (Fsp3) is 0.415. The van der Waals surface area contributed by atoms with Gasteiger partial charge in [0.05, 0.1) is 11.1 Å². The third-order valence-electron chi connectivity index (χ3n) is 8.98. The summed E-state index contributed by atoms with van der Waals surface area (Å²) in [5, 5.41) is 41.2. The maximum absolute atomic E-state index is 10.9. The Balaban J connectivity index is 1.27. The van der Waals surface area contributed by atoms with Crippen LogP contribution in [-0.2, 0) is 17.5 Å². The number of benzene rings is 4. The Hall–Kier alpha value is -4.72. The highest BCUT2D eigenvalue weighted by Gasteiger charge is 2.30. The van der Waals surface area contributed by atoms with Crippen molar-refractivity contribution in [3.63, 3.8) is 0 Å². The standard InChI is InChI=1S/C41H50N6O2/c1-38(2,3)24-40(7,8)46-42-32-15-11-28(22-34(32)44-46)26-13-17-36(48)30(19-26)21-31-20-27(14-18-37(31)49)29-12-16-33-35(23-29)45-47(43-33)41(9,10)25-39(4,5)6/h11-20,22-23,48-49H,21,24-25H2,1-10H3. The summed E-state index contributed by atoms with van der Waals surface area (Å²) in [6.45, 7) is 22.1. The van der Waals surface area contributed by atoms with Gasteiger partial charge in [0, 0.05) is 6.42 Å². The first-order chi connectivity index (χ1) is 22.8. The predicted octanol–water partition coefficient (Wildman–Crippen LogP) is 9.85. The van der Waals surface area contributed by atoms with Gasteiger partial charge >= 0.3 is 0 Å². The molecule has 0 saturated carbocycles. The van der Waals surface area contributed by atoms with Crippen LogP contribution in [0.5, 0.6) is 11.5 Å². The van der Waals surface area contributed by atoms with Crippen LogP contribution >= 0.6 is 0 Å². The van der Waals surface area contributed by atoms with Crippen molar-refractivity contribution in [3.05, 3.63) is 83.9 Å². The van der Waals surface area contributed by atoms with Gasteiger partial charge in [0.25, 0.3) is 0 Å². The zero-order valence-corrected chi connectivity index (χ0v) is 30.6. The van der Waals surface area contributed by atoms with E-state index in [1.807, 2.05) is 58.1 Å².